The van der Waals surface area contributed by atoms with Gasteiger partial charge in [-0.25, -0.2) is 9.07 Å². The smallest absolute Gasteiger partial charge is 0.276 e. The fourth-order valence-corrected chi connectivity index (χ4v) is 4.40. The summed E-state index contributed by atoms with van der Waals surface area (Å²) in [6.07, 6.45) is -0.148. The van der Waals surface area contributed by atoms with Gasteiger partial charge in [0.05, 0.1) is 26.0 Å². The molecule has 9 nitrogen and oxygen atoms in total. The normalized spacial score (nSPS) is 17.7. The molecule has 1 saturated heterocycles. The first-order valence-electron chi connectivity index (χ1n) is 11.5. The molecule has 0 aliphatic carbocycles. The summed E-state index contributed by atoms with van der Waals surface area (Å²) in [5, 5.41) is 8.35. The Labute approximate surface area is 202 Å². The molecule has 1 fully saturated rings. The molecule has 2 amide bonds. The highest BCUT2D eigenvalue weighted by Crippen LogP contribution is 2.28. The van der Waals surface area contributed by atoms with E-state index in [1.807, 2.05) is 31.2 Å². The summed E-state index contributed by atoms with van der Waals surface area (Å²) < 4.78 is 26.7. The number of benzene rings is 2. The van der Waals surface area contributed by atoms with Crippen molar-refractivity contribution in [3.8, 4) is 5.75 Å². The van der Waals surface area contributed by atoms with Crippen molar-refractivity contribution in [1.29, 1.82) is 0 Å². The van der Waals surface area contributed by atoms with Crippen molar-refractivity contribution in [2.24, 2.45) is 0 Å². The molecule has 2 aliphatic rings. The molecular weight excluding hydrogens is 453 g/mol. The summed E-state index contributed by atoms with van der Waals surface area (Å²) in [5.74, 6) is -1.01. The lowest BCUT2D eigenvalue weighted by molar-refractivity contribution is -0.00203. The maximum atomic E-state index is 14.0. The van der Waals surface area contributed by atoms with Gasteiger partial charge in [0.25, 0.3) is 11.8 Å². The van der Waals surface area contributed by atoms with Crippen LogP contribution in [-0.2, 0) is 17.9 Å². The molecule has 0 saturated carbocycles. The van der Waals surface area contributed by atoms with E-state index in [4.69, 9.17) is 9.47 Å². The SMILES string of the molecule is COc1ccc(C(=O)N2CCN(C(=O)c3nnn4c3CO[C@H](c3ccc(C)cc3)C4)CC2)cc1F. The molecule has 3 aromatic rings. The zero-order valence-electron chi connectivity index (χ0n) is 19.6. The number of fused-ring (bicyclic) bond motifs is 1. The average molecular weight is 480 g/mol. The summed E-state index contributed by atoms with van der Waals surface area (Å²) >= 11 is 0. The second-order valence-corrected chi connectivity index (χ2v) is 8.71. The third-order valence-corrected chi connectivity index (χ3v) is 6.50. The van der Waals surface area contributed by atoms with E-state index in [9.17, 15) is 14.0 Å². The van der Waals surface area contributed by atoms with E-state index in [1.165, 1.54) is 30.9 Å². The van der Waals surface area contributed by atoms with E-state index >= 15 is 0 Å². The predicted molar refractivity (Wildman–Crippen MR) is 123 cm³/mol. The number of hydrogen-bond acceptors (Lipinski definition) is 6. The molecular formula is C25H26FN5O4. The van der Waals surface area contributed by atoms with Gasteiger partial charge in [-0.1, -0.05) is 35.0 Å². The maximum absolute atomic E-state index is 14.0. The van der Waals surface area contributed by atoms with Gasteiger partial charge in [-0.3, -0.25) is 9.59 Å². The maximum Gasteiger partial charge on any atom is 0.276 e. The second kappa shape index (κ2) is 9.46. The molecule has 10 heteroatoms. The van der Waals surface area contributed by atoms with Crippen LogP contribution in [0.2, 0.25) is 0 Å². The van der Waals surface area contributed by atoms with E-state index in [1.54, 1.807) is 14.5 Å². The Hall–Kier alpha value is -3.79. The number of ether oxygens (including phenoxy) is 2. The number of aromatic nitrogens is 3. The van der Waals surface area contributed by atoms with Crippen LogP contribution in [0.5, 0.6) is 5.75 Å². The van der Waals surface area contributed by atoms with Crippen molar-refractivity contribution >= 4 is 11.8 Å². The van der Waals surface area contributed by atoms with E-state index in [0.717, 1.165) is 5.56 Å². The molecule has 3 heterocycles. The topological polar surface area (TPSA) is 89.8 Å². The lowest BCUT2D eigenvalue weighted by Gasteiger charge is -2.34. The van der Waals surface area contributed by atoms with Gasteiger partial charge in [-0.2, -0.15) is 0 Å². The van der Waals surface area contributed by atoms with Crippen LogP contribution in [0.15, 0.2) is 42.5 Å². The predicted octanol–water partition coefficient (Wildman–Crippen LogP) is 2.60. The third kappa shape index (κ3) is 4.49. The summed E-state index contributed by atoms with van der Waals surface area (Å²) in [6, 6.07) is 12.3. The van der Waals surface area contributed by atoms with Crippen molar-refractivity contribution in [3.63, 3.8) is 0 Å². The molecule has 1 atom stereocenters. The molecule has 35 heavy (non-hydrogen) atoms. The van der Waals surface area contributed by atoms with Crippen LogP contribution in [-0.4, -0.2) is 69.9 Å². The number of carbonyl (C=O) groups is 2. The number of nitrogens with zero attached hydrogens (tertiary/aromatic N) is 5. The van der Waals surface area contributed by atoms with E-state index in [-0.39, 0.29) is 41.5 Å². The van der Waals surface area contributed by atoms with Crippen molar-refractivity contribution in [3.05, 3.63) is 76.4 Å². The quantitative estimate of drug-likeness (QED) is 0.572. The molecule has 5 rings (SSSR count). The molecule has 2 aromatic carbocycles. The van der Waals surface area contributed by atoms with Gasteiger partial charge < -0.3 is 19.3 Å². The summed E-state index contributed by atoms with van der Waals surface area (Å²) in [7, 11) is 1.37. The molecule has 0 bridgehead atoms. The van der Waals surface area contributed by atoms with E-state index < -0.39 is 5.82 Å². The Kier molecular flexibility index (Phi) is 6.21. The number of carbonyl (C=O) groups excluding carboxylic acids is 2. The molecule has 0 N–H and O–H groups in total. The Bertz CT molecular complexity index is 1250. The highest BCUT2D eigenvalue weighted by molar-refractivity contribution is 5.95. The van der Waals surface area contributed by atoms with Crippen LogP contribution in [0.25, 0.3) is 0 Å². The van der Waals surface area contributed by atoms with Crippen LogP contribution in [0, 0.1) is 12.7 Å². The lowest BCUT2D eigenvalue weighted by atomic mass is 10.1. The number of amides is 2. The highest BCUT2D eigenvalue weighted by atomic mass is 19.1. The first-order chi connectivity index (χ1) is 16.9. The Morgan fingerprint density at radius 1 is 1.03 bits per heavy atom. The minimum Gasteiger partial charge on any atom is -0.494 e. The van der Waals surface area contributed by atoms with Gasteiger partial charge in [0, 0.05) is 31.7 Å². The first-order valence-corrected chi connectivity index (χ1v) is 11.5. The number of hydrogen-bond donors (Lipinski definition) is 0. The van der Waals surface area contributed by atoms with Crippen molar-refractivity contribution in [2.45, 2.75) is 26.2 Å². The minimum atomic E-state index is -0.587. The van der Waals surface area contributed by atoms with Crippen LogP contribution >= 0.6 is 0 Å². The van der Waals surface area contributed by atoms with Gasteiger partial charge in [-0.15, -0.1) is 5.10 Å². The molecule has 0 radical (unpaired) electrons. The fourth-order valence-electron chi connectivity index (χ4n) is 4.40. The van der Waals surface area contributed by atoms with Crippen molar-refractivity contribution in [1.82, 2.24) is 24.8 Å². The van der Waals surface area contributed by atoms with E-state index in [0.29, 0.717) is 38.4 Å². The highest BCUT2D eigenvalue weighted by Gasteiger charge is 2.32. The van der Waals surface area contributed by atoms with Gasteiger partial charge in [0.1, 0.15) is 6.10 Å². The summed E-state index contributed by atoms with van der Waals surface area (Å²) in [5.41, 5.74) is 3.42. The molecule has 1 aromatic heterocycles. The zero-order valence-corrected chi connectivity index (χ0v) is 19.6. The zero-order chi connectivity index (χ0) is 24.5. The van der Waals surface area contributed by atoms with Crippen LogP contribution in [0.3, 0.4) is 0 Å². The Morgan fingerprint density at radius 3 is 2.37 bits per heavy atom. The lowest BCUT2D eigenvalue weighted by Crippen LogP contribution is -2.50. The van der Waals surface area contributed by atoms with Gasteiger partial charge in [-0.05, 0) is 30.7 Å². The molecule has 182 valence electrons. The summed E-state index contributed by atoms with van der Waals surface area (Å²) in [6.45, 7) is 4.15. The Morgan fingerprint density at radius 2 is 1.71 bits per heavy atom. The van der Waals surface area contributed by atoms with Crippen molar-refractivity contribution < 1.29 is 23.5 Å². The second-order valence-electron chi connectivity index (χ2n) is 8.71. The standard InChI is InChI=1S/C25H26FN5O4/c1-16-3-5-17(6-4-16)22-14-31-20(15-35-22)23(27-28-31)25(33)30-11-9-29(10-12-30)24(32)18-7-8-21(34-2)19(26)13-18/h3-8,13,22H,9-12,14-15H2,1-2H3/t22-/m0/s1. The number of aryl methyl sites for hydroxylation is 1. The van der Waals surface area contributed by atoms with E-state index in [2.05, 4.69) is 10.3 Å². The average Bonchev–Trinajstić information content (AvgIpc) is 3.31. The number of halogens is 1. The third-order valence-electron chi connectivity index (χ3n) is 6.50. The van der Waals surface area contributed by atoms with Gasteiger partial charge >= 0.3 is 0 Å². The van der Waals surface area contributed by atoms with Crippen molar-refractivity contribution in [2.75, 3.05) is 33.3 Å². The number of rotatable bonds is 4. The van der Waals surface area contributed by atoms with Gasteiger partial charge in [0.15, 0.2) is 17.3 Å². The van der Waals surface area contributed by atoms with Crippen LogP contribution in [0.4, 0.5) is 4.39 Å². The first kappa shape index (κ1) is 23.0. The number of piperazine rings is 1. The van der Waals surface area contributed by atoms with Gasteiger partial charge in [0.2, 0.25) is 0 Å². The molecule has 0 spiro atoms. The molecule has 0 unspecified atom stereocenters. The largest absolute Gasteiger partial charge is 0.494 e. The Balaban J connectivity index is 1.22. The van der Waals surface area contributed by atoms with Crippen LogP contribution in [0.1, 0.15) is 43.8 Å². The summed E-state index contributed by atoms with van der Waals surface area (Å²) in [4.78, 5) is 29.2. The minimum absolute atomic E-state index is 0.0862. The molecule has 2 aliphatic heterocycles. The fraction of sp³-hybridized carbons (Fsp3) is 0.360. The number of methoxy groups -OCH3 is 1. The monoisotopic (exact) mass is 479 g/mol. The van der Waals surface area contributed by atoms with Crippen LogP contribution < -0.4 is 4.74 Å².